The van der Waals surface area contributed by atoms with Gasteiger partial charge in [0.05, 0.1) is 21.1 Å². The van der Waals surface area contributed by atoms with Gasteiger partial charge >= 0.3 is 0 Å². The van der Waals surface area contributed by atoms with E-state index in [2.05, 4.69) is 10.5 Å². The summed E-state index contributed by atoms with van der Waals surface area (Å²) in [5.41, 5.74) is 1.06. The summed E-state index contributed by atoms with van der Waals surface area (Å²) in [6.45, 7) is 5.89. The fourth-order valence-corrected chi connectivity index (χ4v) is 5.43. The van der Waals surface area contributed by atoms with Crippen molar-refractivity contribution in [1.29, 1.82) is 0 Å². The molecule has 0 aliphatic rings. The van der Waals surface area contributed by atoms with Crippen molar-refractivity contribution < 1.29 is 27.6 Å². The van der Waals surface area contributed by atoms with E-state index >= 15 is 0 Å². The first-order valence-electron chi connectivity index (χ1n) is 11.0. The van der Waals surface area contributed by atoms with Gasteiger partial charge in [0.25, 0.3) is 5.56 Å². The minimum Gasteiger partial charge on any atom is -0.383 e. The van der Waals surface area contributed by atoms with Crippen LogP contribution in [-0.2, 0) is 33.8 Å². The van der Waals surface area contributed by atoms with Crippen LogP contribution in [0.25, 0.3) is 0 Å². The van der Waals surface area contributed by atoms with Gasteiger partial charge in [-0.15, -0.1) is 0 Å². The van der Waals surface area contributed by atoms with E-state index in [1.807, 2.05) is 19.6 Å². The van der Waals surface area contributed by atoms with Crippen LogP contribution < -0.4 is 16.1 Å². The number of rotatable bonds is 10. The zero-order chi connectivity index (χ0) is 25.8. The minimum absolute atomic E-state index is 0.0836. The molecule has 0 aliphatic heterocycles. The molecule has 7 nitrogen and oxygen atoms in total. The van der Waals surface area contributed by atoms with E-state index in [0.29, 0.717) is 12.2 Å². The summed E-state index contributed by atoms with van der Waals surface area (Å²) in [4.78, 5) is 37.1. The van der Waals surface area contributed by atoms with E-state index in [-0.39, 0.29) is 29.4 Å². The number of aromatic nitrogens is 1. The number of Topliss-reactive ketones (excluding diaryl/α,β-unsaturated/α-hetero) is 1. The Bertz CT molecular complexity index is 1240. The molecule has 10 heteroatoms. The molecule has 186 valence electrons. The maximum Gasteiger partial charge on any atom is 0.280 e. The predicted octanol–water partition coefficient (Wildman–Crippen LogP) is 3.15. The van der Waals surface area contributed by atoms with Crippen molar-refractivity contribution in [3.63, 3.8) is 0 Å². The van der Waals surface area contributed by atoms with Crippen molar-refractivity contribution >= 4 is 25.0 Å². The first-order valence-corrected chi connectivity index (χ1v) is 14.5. The SMILES string of the molecule is COCc1ccc(C(NC(=O)Cc2cc(=O)[nH]o2)C(=O)Cc2cc(F)c([Si](C)(C)C)c(F)c2)cc1. The largest absolute Gasteiger partial charge is 0.383 e. The van der Waals surface area contributed by atoms with Gasteiger partial charge in [-0.25, -0.2) is 8.78 Å². The molecular weight excluding hydrogens is 474 g/mol. The lowest BCUT2D eigenvalue weighted by Gasteiger charge is -2.21. The molecule has 0 spiro atoms. The lowest BCUT2D eigenvalue weighted by Crippen LogP contribution is -2.42. The number of carbonyl (C=O) groups is 2. The van der Waals surface area contributed by atoms with Crippen LogP contribution in [0.5, 0.6) is 0 Å². The van der Waals surface area contributed by atoms with E-state index < -0.39 is 43.0 Å². The Kier molecular flexibility index (Phi) is 8.18. The molecule has 0 saturated carbocycles. The van der Waals surface area contributed by atoms with E-state index in [1.165, 1.54) is 12.1 Å². The van der Waals surface area contributed by atoms with Crippen molar-refractivity contribution in [2.75, 3.05) is 7.11 Å². The molecule has 2 aromatic carbocycles. The molecule has 1 amide bonds. The molecule has 3 rings (SSSR count). The van der Waals surface area contributed by atoms with Gasteiger partial charge < -0.3 is 14.6 Å². The number of hydrogen-bond donors (Lipinski definition) is 2. The maximum absolute atomic E-state index is 14.7. The number of amides is 1. The van der Waals surface area contributed by atoms with Gasteiger partial charge in [-0.1, -0.05) is 43.9 Å². The zero-order valence-electron chi connectivity index (χ0n) is 20.0. The maximum atomic E-state index is 14.7. The van der Waals surface area contributed by atoms with E-state index in [1.54, 1.807) is 31.4 Å². The van der Waals surface area contributed by atoms with E-state index in [9.17, 15) is 23.2 Å². The van der Waals surface area contributed by atoms with Crippen LogP contribution in [0.2, 0.25) is 19.6 Å². The second-order valence-corrected chi connectivity index (χ2v) is 14.4. The lowest BCUT2D eigenvalue weighted by molar-refractivity contribution is -0.127. The summed E-state index contributed by atoms with van der Waals surface area (Å²) in [5, 5.41) is 4.84. The fourth-order valence-electron chi connectivity index (χ4n) is 3.85. The summed E-state index contributed by atoms with van der Waals surface area (Å²) in [5.74, 6) is -2.23. The molecule has 1 aromatic heterocycles. The Morgan fingerprint density at radius 1 is 1.03 bits per heavy atom. The second-order valence-electron chi connectivity index (χ2n) is 9.36. The van der Waals surface area contributed by atoms with Gasteiger partial charge in [-0.05, 0) is 28.8 Å². The molecule has 1 atom stereocenters. The number of carbonyl (C=O) groups excluding carboxylic acids is 2. The summed E-state index contributed by atoms with van der Waals surface area (Å²) in [7, 11) is -0.704. The first kappa shape index (κ1) is 26.2. The third-order valence-electron chi connectivity index (χ3n) is 5.39. The molecular formula is C25H28F2N2O5Si. The number of benzene rings is 2. The highest BCUT2D eigenvalue weighted by atomic mass is 28.3. The number of ether oxygens (including phenoxy) is 1. The molecule has 0 aliphatic carbocycles. The van der Waals surface area contributed by atoms with Crippen LogP contribution in [0, 0.1) is 11.6 Å². The minimum atomic E-state index is -2.27. The molecule has 1 unspecified atom stereocenters. The Hall–Kier alpha value is -3.37. The molecule has 1 heterocycles. The number of nitrogens with one attached hydrogen (secondary N) is 2. The molecule has 0 saturated heterocycles. The highest BCUT2D eigenvalue weighted by Crippen LogP contribution is 2.20. The average Bonchev–Trinajstić information content (AvgIpc) is 3.15. The average molecular weight is 503 g/mol. The molecule has 0 fully saturated rings. The van der Waals surface area contributed by atoms with Crippen molar-refractivity contribution in [2.24, 2.45) is 0 Å². The smallest absolute Gasteiger partial charge is 0.280 e. The van der Waals surface area contributed by atoms with Gasteiger partial charge in [0.1, 0.15) is 23.4 Å². The highest BCUT2D eigenvalue weighted by molar-refractivity contribution is 6.88. The number of methoxy groups -OCH3 is 1. The van der Waals surface area contributed by atoms with Crippen molar-refractivity contribution in [3.8, 4) is 0 Å². The van der Waals surface area contributed by atoms with Crippen LogP contribution in [0.1, 0.15) is 28.5 Å². The summed E-state index contributed by atoms with van der Waals surface area (Å²) in [6.07, 6.45) is -0.553. The quantitative estimate of drug-likeness (QED) is 0.415. The first-order chi connectivity index (χ1) is 16.5. The van der Waals surface area contributed by atoms with Gasteiger partial charge in [-0.2, -0.15) is 5.16 Å². The summed E-state index contributed by atoms with van der Waals surface area (Å²) in [6, 6.07) is 9.32. The van der Waals surface area contributed by atoms with Crippen LogP contribution >= 0.6 is 0 Å². The number of aromatic amines is 1. The fraction of sp³-hybridized carbons (Fsp3) is 0.320. The van der Waals surface area contributed by atoms with Gasteiger partial charge in [0.15, 0.2) is 5.78 Å². The third kappa shape index (κ3) is 6.83. The van der Waals surface area contributed by atoms with E-state index in [0.717, 1.165) is 11.6 Å². The zero-order valence-corrected chi connectivity index (χ0v) is 21.0. The van der Waals surface area contributed by atoms with Crippen LogP contribution in [0.4, 0.5) is 8.78 Å². The second kappa shape index (κ2) is 10.9. The Morgan fingerprint density at radius 2 is 1.66 bits per heavy atom. The monoisotopic (exact) mass is 502 g/mol. The Labute approximate surface area is 202 Å². The molecule has 0 radical (unpaired) electrons. The standard InChI is InChI=1S/C25H28F2N2O5Si/c1-33-14-15-5-7-17(8-6-15)24(28-22(31)12-18-13-23(32)29-34-18)21(30)11-16-9-19(26)25(20(27)10-16)35(2,3)4/h5-10,13,24H,11-12,14H2,1-4H3,(H,28,31)(H,29,32). The Morgan fingerprint density at radius 3 is 2.17 bits per heavy atom. The normalized spacial score (nSPS) is 12.4. The number of H-pyrrole nitrogens is 1. The van der Waals surface area contributed by atoms with Gasteiger partial charge in [-0.3, -0.25) is 14.4 Å². The molecule has 2 N–H and O–H groups in total. The third-order valence-corrected chi connectivity index (χ3v) is 7.37. The van der Waals surface area contributed by atoms with Crippen LogP contribution in [-0.4, -0.2) is 32.0 Å². The number of hydrogen-bond acceptors (Lipinski definition) is 5. The molecule has 3 aromatic rings. The van der Waals surface area contributed by atoms with Gasteiger partial charge in [0, 0.05) is 24.8 Å². The summed E-state index contributed by atoms with van der Waals surface area (Å²) < 4.78 is 39.4. The predicted molar refractivity (Wildman–Crippen MR) is 129 cm³/mol. The Balaban J connectivity index is 1.86. The molecule has 35 heavy (non-hydrogen) atoms. The topological polar surface area (TPSA) is 101 Å². The van der Waals surface area contributed by atoms with Crippen molar-refractivity contribution in [2.45, 2.75) is 45.1 Å². The number of ketones is 1. The van der Waals surface area contributed by atoms with Crippen molar-refractivity contribution in [3.05, 3.63) is 86.9 Å². The van der Waals surface area contributed by atoms with Crippen LogP contribution in [0.15, 0.2) is 51.8 Å². The summed E-state index contributed by atoms with van der Waals surface area (Å²) >= 11 is 0. The molecule has 0 bridgehead atoms. The van der Waals surface area contributed by atoms with Gasteiger partial charge in [0.2, 0.25) is 5.91 Å². The highest BCUT2D eigenvalue weighted by Gasteiger charge is 2.28. The van der Waals surface area contributed by atoms with Crippen molar-refractivity contribution in [1.82, 2.24) is 10.5 Å². The lowest BCUT2D eigenvalue weighted by atomic mass is 9.96. The van der Waals surface area contributed by atoms with E-state index in [4.69, 9.17) is 9.26 Å². The number of halogens is 2. The van der Waals surface area contributed by atoms with Crippen LogP contribution in [0.3, 0.4) is 0 Å².